The number of hydrogen-bond acceptors (Lipinski definition) is 2. The molecule has 1 aromatic carbocycles. The van der Waals surface area contributed by atoms with E-state index in [1.807, 2.05) is 0 Å². The van der Waals surface area contributed by atoms with Gasteiger partial charge in [-0.3, -0.25) is 0 Å². The molecule has 2 N–H and O–H groups in total. The number of hydrogen-bond donors (Lipinski definition) is 1. The molecule has 1 rings (SSSR count). The largest absolute Gasteiger partial charge is 0.324 e. The second kappa shape index (κ2) is 7.06. The Morgan fingerprint density at radius 3 is 2.26 bits per heavy atom. The highest BCUT2D eigenvalue weighted by Gasteiger charge is 2.13. The maximum absolute atomic E-state index is 6.03. The first-order valence-electron chi connectivity index (χ1n) is 7.38. The van der Waals surface area contributed by atoms with Crippen LogP contribution in [-0.4, -0.2) is 30.6 Å². The first-order valence-corrected chi connectivity index (χ1v) is 7.38. The molecule has 0 aromatic heterocycles. The van der Waals surface area contributed by atoms with Crippen LogP contribution in [0.25, 0.3) is 0 Å². The van der Waals surface area contributed by atoms with E-state index in [1.54, 1.807) is 0 Å². The van der Waals surface area contributed by atoms with E-state index in [0.29, 0.717) is 5.92 Å². The molecule has 0 radical (unpaired) electrons. The van der Waals surface area contributed by atoms with Crippen LogP contribution in [0.3, 0.4) is 0 Å². The van der Waals surface area contributed by atoms with Crippen LogP contribution >= 0.6 is 0 Å². The molecule has 0 aliphatic rings. The predicted molar refractivity (Wildman–Crippen MR) is 84.6 cm³/mol. The maximum Gasteiger partial charge on any atom is 0.0225 e. The number of nitrogens with zero attached hydrogens (tertiary/aromatic N) is 1. The zero-order chi connectivity index (χ0) is 14.5. The summed E-state index contributed by atoms with van der Waals surface area (Å²) in [7, 11) is 2.14. The lowest BCUT2D eigenvalue weighted by molar-refractivity contribution is 0.273. The minimum absolute atomic E-state index is 0.116. The van der Waals surface area contributed by atoms with Gasteiger partial charge >= 0.3 is 0 Å². The molecule has 0 spiro atoms. The van der Waals surface area contributed by atoms with Crippen molar-refractivity contribution >= 4 is 0 Å². The number of benzene rings is 1. The van der Waals surface area contributed by atoms with Gasteiger partial charge in [-0.1, -0.05) is 38.1 Å². The molecular formula is C17H30N2. The third-order valence-electron chi connectivity index (χ3n) is 3.62. The maximum atomic E-state index is 6.03. The fraction of sp³-hybridized carbons (Fsp3) is 0.647. The van der Waals surface area contributed by atoms with Crippen LogP contribution in [0.15, 0.2) is 24.3 Å². The highest BCUT2D eigenvalue weighted by atomic mass is 15.1. The number of likely N-dealkylation sites (N-methyl/N-ethyl adjacent to an activating group) is 1. The normalized spacial score (nSPS) is 13.8. The molecule has 0 aliphatic carbocycles. The number of nitrogens with two attached hydrogens (primary N) is 1. The van der Waals surface area contributed by atoms with Crippen LogP contribution in [0.4, 0.5) is 0 Å². The van der Waals surface area contributed by atoms with Crippen molar-refractivity contribution in [2.24, 2.45) is 5.73 Å². The Balaban J connectivity index is 2.46. The summed E-state index contributed by atoms with van der Waals surface area (Å²) in [4.78, 5) is 2.31. The Hall–Kier alpha value is -0.860. The fourth-order valence-corrected chi connectivity index (χ4v) is 2.34. The van der Waals surface area contributed by atoms with Crippen LogP contribution in [-0.2, 0) is 6.42 Å². The van der Waals surface area contributed by atoms with Gasteiger partial charge in [0.05, 0.1) is 0 Å². The van der Waals surface area contributed by atoms with Crippen molar-refractivity contribution < 1.29 is 0 Å². The molecule has 0 bridgehead atoms. The lowest BCUT2D eigenvalue weighted by Crippen LogP contribution is -2.44. The van der Waals surface area contributed by atoms with Crippen molar-refractivity contribution in [2.75, 3.05) is 20.1 Å². The molecule has 0 saturated carbocycles. The van der Waals surface area contributed by atoms with Gasteiger partial charge in [-0.2, -0.15) is 0 Å². The van der Waals surface area contributed by atoms with Crippen molar-refractivity contribution in [1.82, 2.24) is 4.90 Å². The van der Waals surface area contributed by atoms with Gasteiger partial charge in [0.1, 0.15) is 0 Å². The molecule has 1 atom stereocenters. The minimum Gasteiger partial charge on any atom is -0.324 e. The second-order valence-electron chi connectivity index (χ2n) is 6.53. The van der Waals surface area contributed by atoms with Crippen molar-refractivity contribution in [2.45, 2.75) is 52.0 Å². The van der Waals surface area contributed by atoms with Crippen molar-refractivity contribution in [3.05, 3.63) is 35.4 Å². The van der Waals surface area contributed by atoms with E-state index in [0.717, 1.165) is 19.5 Å². The van der Waals surface area contributed by atoms with Gasteiger partial charge in [-0.25, -0.2) is 0 Å². The van der Waals surface area contributed by atoms with Gasteiger partial charge < -0.3 is 10.6 Å². The standard InChI is InChI=1S/C17H30N2/c1-6-14(2)16-9-7-15(8-10-16)11-12-19(5)13-17(3,4)18/h7-10,14H,6,11-13,18H2,1-5H3. The van der Waals surface area contributed by atoms with Crippen LogP contribution in [0.2, 0.25) is 0 Å². The molecule has 108 valence electrons. The first-order chi connectivity index (χ1) is 8.81. The summed E-state index contributed by atoms with van der Waals surface area (Å²) in [5.74, 6) is 0.662. The van der Waals surface area contributed by atoms with Crippen molar-refractivity contribution in [1.29, 1.82) is 0 Å². The molecular weight excluding hydrogens is 232 g/mol. The Kier molecular flexibility index (Phi) is 6.02. The molecule has 0 heterocycles. The van der Waals surface area contributed by atoms with Gasteiger partial charge in [0.15, 0.2) is 0 Å². The zero-order valence-corrected chi connectivity index (χ0v) is 13.2. The Labute approximate surface area is 119 Å². The summed E-state index contributed by atoms with van der Waals surface area (Å²) in [5.41, 5.74) is 8.77. The molecule has 1 aromatic rings. The molecule has 1 unspecified atom stereocenters. The first kappa shape index (κ1) is 16.2. The van der Waals surface area contributed by atoms with E-state index >= 15 is 0 Å². The lowest BCUT2D eigenvalue weighted by Gasteiger charge is -2.26. The monoisotopic (exact) mass is 262 g/mol. The zero-order valence-electron chi connectivity index (χ0n) is 13.2. The van der Waals surface area contributed by atoms with Crippen LogP contribution in [0.1, 0.15) is 51.2 Å². The minimum atomic E-state index is -0.116. The van der Waals surface area contributed by atoms with Crippen LogP contribution in [0.5, 0.6) is 0 Å². The molecule has 2 nitrogen and oxygen atoms in total. The van der Waals surface area contributed by atoms with E-state index < -0.39 is 0 Å². The van der Waals surface area contributed by atoms with Gasteiger partial charge in [0, 0.05) is 18.6 Å². The quantitative estimate of drug-likeness (QED) is 0.816. The second-order valence-corrected chi connectivity index (χ2v) is 6.53. The van der Waals surface area contributed by atoms with Gasteiger partial charge in [0.2, 0.25) is 0 Å². The smallest absolute Gasteiger partial charge is 0.0225 e. The lowest BCUT2D eigenvalue weighted by atomic mass is 9.97. The molecule has 0 aliphatic heterocycles. The highest BCUT2D eigenvalue weighted by Crippen LogP contribution is 2.19. The summed E-state index contributed by atoms with van der Waals surface area (Å²) < 4.78 is 0. The van der Waals surface area contributed by atoms with Crippen LogP contribution in [0, 0.1) is 0 Å². The van der Waals surface area contributed by atoms with Crippen molar-refractivity contribution in [3.8, 4) is 0 Å². The van der Waals surface area contributed by atoms with Gasteiger partial charge in [-0.15, -0.1) is 0 Å². The Bertz CT molecular complexity index is 362. The Morgan fingerprint density at radius 1 is 1.21 bits per heavy atom. The van der Waals surface area contributed by atoms with E-state index in [4.69, 9.17) is 5.73 Å². The summed E-state index contributed by atoms with van der Waals surface area (Å²) in [6, 6.07) is 9.08. The average molecular weight is 262 g/mol. The van der Waals surface area contributed by atoms with Crippen molar-refractivity contribution in [3.63, 3.8) is 0 Å². The summed E-state index contributed by atoms with van der Waals surface area (Å²) in [6.45, 7) is 10.7. The third-order valence-corrected chi connectivity index (χ3v) is 3.62. The molecule has 0 fully saturated rings. The number of rotatable bonds is 7. The van der Waals surface area contributed by atoms with E-state index in [2.05, 4.69) is 63.9 Å². The molecule has 0 amide bonds. The summed E-state index contributed by atoms with van der Waals surface area (Å²) in [6.07, 6.45) is 2.29. The fourth-order valence-electron chi connectivity index (χ4n) is 2.34. The SMILES string of the molecule is CCC(C)c1ccc(CCN(C)CC(C)(C)N)cc1. The third kappa shape index (κ3) is 6.22. The average Bonchev–Trinajstić information content (AvgIpc) is 2.34. The van der Waals surface area contributed by atoms with Gasteiger partial charge in [-0.05, 0) is 50.8 Å². The summed E-state index contributed by atoms with van der Waals surface area (Å²) in [5, 5.41) is 0. The van der Waals surface area contributed by atoms with E-state index in [1.165, 1.54) is 17.5 Å². The van der Waals surface area contributed by atoms with Gasteiger partial charge in [0.25, 0.3) is 0 Å². The van der Waals surface area contributed by atoms with E-state index in [9.17, 15) is 0 Å². The highest BCUT2D eigenvalue weighted by molar-refractivity contribution is 5.25. The topological polar surface area (TPSA) is 29.3 Å². The Morgan fingerprint density at radius 2 is 1.79 bits per heavy atom. The van der Waals surface area contributed by atoms with Crippen LogP contribution < -0.4 is 5.73 Å². The molecule has 2 heteroatoms. The molecule has 0 saturated heterocycles. The molecule has 19 heavy (non-hydrogen) atoms. The van der Waals surface area contributed by atoms with E-state index in [-0.39, 0.29) is 5.54 Å². The predicted octanol–water partition coefficient (Wildman–Crippen LogP) is 3.41. The summed E-state index contributed by atoms with van der Waals surface area (Å²) >= 11 is 0.